The van der Waals surface area contributed by atoms with Crippen molar-refractivity contribution in [2.24, 2.45) is 0 Å². The molecular formula is C24H22O4. The lowest BCUT2D eigenvalue weighted by Crippen LogP contribution is -2.15. The van der Waals surface area contributed by atoms with Gasteiger partial charge in [0.1, 0.15) is 0 Å². The van der Waals surface area contributed by atoms with Crippen molar-refractivity contribution in [3.05, 3.63) is 83.9 Å². The highest BCUT2D eigenvalue weighted by Crippen LogP contribution is 2.35. The van der Waals surface area contributed by atoms with Crippen molar-refractivity contribution in [3.8, 4) is 22.3 Å². The molecule has 3 aromatic rings. The van der Waals surface area contributed by atoms with Gasteiger partial charge in [0.2, 0.25) is 0 Å². The quantitative estimate of drug-likeness (QED) is 0.544. The molecule has 0 fully saturated rings. The molecule has 0 saturated heterocycles. The van der Waals surface area contributed by atoms with Crippen molar-refractivity contribution < 1.29 is 19.1 Å². The van der Waals surface area contributed by atoms with E-state index in [4.69, 9.17) is 9.47 Å². The second-order valence-electron chi connectivity index (χ2n) is 6.12. The molecule has 3 rings (SSSR count). The van der Waals surface area contributed by atoms with Gasteiger partial charge in [0.15, 0.2) is 0 Å². The van der Waals surface area contributed by atoms with Gasteiger partial charge in [-0.3, -0.25) is 0 Å². The molecule has 142 valence electrons. The highest BCUT2D eigenvalue weighted by Gasteiger charge is 2.23. The maximum Gasteiger partial charge on any atom is 0.339 e. The van der Waals surface area contributed by atoms with E-state index in [0.29, 0.717) is 0 Å². The Morgan fingerprint density at radius 3 is 1.32 bits per heavy atom. The largest absolute Gasteiger partial charge is 0.462 e. The number of hydrogen-bond donors (Lipinski definition) is 0. The minimum atomic E-state index is -0.539. The predicted octanol–water partition coefficient (Wildman–Crippen LogP) is 5.37. The first kappa shape index (κ1) is 19.4. The summed E-state index contributed by atoms with van der Waals surface area (Å²) in [4.78, 5) is 25.2. The van der Waals surface area contributed by atoms with E-state index in [1.54, 1.807) is 26.0 Å². The van der Waals surface area contributed by atoms with Gasteiger partial charge in [0.05, 0.1) is 24.3 Å². The van der Waals surface area contributed by atoms with Crippen LogP contribution in [0.15, 0.2) is 72.8 Å². The Morgan fingerprint density at radius 2 is 1.00 bits per heavy atom. The van der Waals surface area contributed by atoms with Gasteiger partial charge >= 0.3 is 11.9 Å². The minimum absolute atomic E-state index is 0.207. The van der Waals surface area contributed by atoms with Gasteiger partial charge in [-0.2, -0.15) is 0 Å². The second kappa shape index (κ2) is 9.00. The topological polar surface area (TPSA) is 52.6 Å². The lowest BCUT2D eigenvalue weighted by atomic mass is 9.90. The number of rotatable bonds is 6. The summed E-state index contributed by atoms with van der Waals surface area (Å²) in [5, 5.41) is 0. The maximum absolute atomic E-state index is 12.6. The van der Waals surface area contributed by atoms with Crippen LogP contribution in [0.3, 0.4) is 0 Å². The Hall–Kier alpha value is -3.40. The molecule has 0 aliphatic rings. The first-order valence-electron chi connectivity index (χ1n) is 9.28. The predicted molar refractivity (Wildman–Crippen MR) is 109 cm³/mol. The smallest absolute Gasteiger partial charge is 0.339 e. The molecule has 0 spiro atoms. The molecule has 0 atom stereocenters. The fourth-order valence-electron chi connectivity index (χ4n) is 3.07. The second-order valence-corrected chi connectivity index (χ2v) is 6.12. The summed E-state index contributed by atoms with van der Waals surface area (Å²) in [5.41, 5.74) is 4.01. The van der Waals surface area contributed by atoms with Crippen molar-refractivity contribution in [2.45, 2.75) is 13.8 Å². The summed E-state index contributed by atoms with van der Waals surface area (Å²) in [6.45, 7) is 3.92. The first-order chi connectivity index (χ1) is 13.7. The number of ether oxygens (including phenoxy) is 2. The van der Waals surface area contributed by atoms with Crippen LogP contribution in [0, 0.1) is 0 Å². The summed E-state index contributed by atoms with van der Waals surface area (Å²) in [5.74, 6) is -1.08. The first-order valence-corrected chi connectivity index (χ1v) is 9.28. The summed E-state index contributed by atoms with van der Waals surface area (Å²) in [7, 11) is 0. The monoisotopic (exact) mass is 374 g/mol. The van der Waals surface area contributed by atoms with Crippen LogP contribution in [0.5, 0.6) is 0 Å². The molecule has 0 unspecified atom stereocenters. The van der Waals surface area contributed by atoms with E-state index < -0.39 is 11.9 Å². The van der Waals surface area contributed by atoms with Crippen LogP contribution in [0.25, 0.3) is 22.3 Å². The molecule has 0 bridgehead atoms. The van der Waals surface area contributed by atoms with Gasteiger partial charge in [-0.1, -0.05) is 60.7 Å². The van der Waals surface area contributed by atoms with Crippen molar-refractivity contribution >= 4 is 11.9 Å². The fraction of sp³-hybridized carbons (Fsp3) is 0.167. The van der Waals surface area contributed by atoms with E-state index in [1.807, 2.05) is 60.7 Å². The summed E-state index contributed by atoms with van der Waals surface area (Å²) in [6.07, 6.45) is 0. The zero-order valence-corrected chi connectivity index (χ0v) is 16.0. The molecule has 0 aliphatic carbocycles. The molecule has 0 aliphatic heterocycles. The third kappa shape index (κ3) is 4.12. The minimum Gasteiger partial charge on any atom is -0.462 e. The molecule has 28 heavy (non-hydrogen) atoms. The number of hydrogen-bond acceptors (Lipinski definition) is 4. The van der Waals surface area contributed by atoms with Gasteiger partial charge in [-0.05, 0) is 48.2 Å². The standard InChI is InChI=1S/C24H22O4/c1-3-27-23(25)21-15-19(17-11-7-5-8-12-17)20(18-13-9-6-10-14-18)16-22(21)24(26)28-4-2/h5-16H,3-4H2,1-2H3. The zero-order valence-electron chi connectivity index (χ0n) is 16.0. The van der Waals surface area contributed by atoms with Gasteiger partial charge in [0.25, 0.3) is 0 Å². The molecule has 3 aromatic carbocycles. The van der Waals surface area contributed by atoms with Crippen LogP contribution >= 0.6 is 0 Å². The average molecular weight is 374 g/mol. The third-order valence-corrected chi connectivity index (χ3v) is 4.32. The SMILES string of the molecule is CCOC(=O)c1cc(-c2ccccc2)c(-c2ccccc2)cc1C(=O)OCC. The Balaban J connectivity index is 2.29. The van der Waals surface area contributed by atoms with E-state index in [-0.39, 0.29) is 24.3 Å². The molecule has 0 N–H and O–H groups in total. The van der Waals surface area contributed by atoms with Crippen LogP contribution in [0.4, 0.5) is 0 Å². The molecular weight excluding hydrogens is 352 g/mol. The molecule has 0 heterocycles. The van der Waals surface area contributed by atoms with Gasteiger partial charge in [-0.25, -0.2) is 9.59 Å². The van der Waals surface area contributed by atoms with Gasteiger partial charge in [-0.15, -0.1) is 0 Å². The Bertz CT molecular complexity index is 882. The summed E-state index contributed by atoms with van der Waals surface area (Å²) >= 11 is 0. The summed E-state index contributed by atoms with van der Waals surface area (Å²) < 4.78 is 10.4. The zero-order chi connectivity index (χ0) is 19.9. The van der Waals surface area contributed by atoms with Crippen LogP contribution in [-0.4, -0.2) is 25.2 Å². The maximum atomic E-state index is 12.6. The van der Waals surface area contributed by atoms with E-state index in [2.05, 4.69) is 0 Å². The van der Waals surface area contributed by atoms with Gasteiger partial charge in [0, 0.05) is 0 Å². The summed E-state index contributed by atoms with van der Waals surface area (Å²) in [6, 6.07) is 23.0. The Kier molecular flexibility index (Phi) is 6.22. The molecule has 0 aromatic heterocycles. The van der Waals surface area contributed by atoms with Crippen molar-refractivity contribution in [3.63, 3.8) is 0 Å². The van der Waals surface area contributed by atoms with Crippen LogP contribution in [0.1, 0.15) is 34.6 Å². The highest BCUT2D eigenvalue weighted by molar-refractivity contribution is 6.06. The molecule has 0 amide bonds. The van der Waals surface area contributed by atoms with Crippen molar-refractivity contribution in [1.82, 2.24) is 0 Å². The van der Waals surface area contributed by atoms with Crippen LogP contribution in [0.2, 0.25) is 0 Å². The van der Waals surface area contributed by atoms with Crippen LogP contribution < -0.4 is 0 Å². The van der Waals surface area contributed by atoms with E-state index in [0.717, 1.165) is 22.3 Å². The number of esters is 2. The molecule has 0 radical (unpaired) electrons. The van der Waals surface area contributed by atoms with Gasteiger partial charge < -0.3 is 9.47 Å². The van der Waals surface area contributed by atoms with E-state index >= 15 is 0 Å². The average Bonchev–Trinajstić information content (AvgIpc) is 2.74. The fourth-order valence-corrected chi connectivity index (χ4v) is 3.07. The van der Waals surface area contributed by atoms with E-state index in [9.17, 15) is 9.59 Å². The lowest BCUT2D eigenvalue weighted by Gasteiger charge is -2.16. The molecule has 0 saturated carbocycles. The Labute approximate surface area is 164 Å². The lowest BCUT2D eigenvalue weighted by molar-refractivity contribution is 0.0479. The number of carbonyl (C=O) groups is 2. The van der Waals surface area contributed by atoms with Crippen molar-refractivity contribution in [1.29, 1.82) is 0 Å². The normalized spacial score (nSPS) is 10.4. The van der Waals surface area contributed by atoms with Crippen LogP contribution in [-0.2, 0) is 9.47 Å². The number of carbonyl (C=O) groups excluding carboxylic acids is 2. The highest BCUT2D eigenvalue weighted by atomic mass is 16.5. The van der Waals surface area contributed by atoms with Crippen molar-refractivity contribution in [2.75, 3.05) is 13.2 Å². The third-order valence-electron chi connectivity index (χ3n) is 4.32. The number of benzene rings is 3. The Morgan fingerprint density at radius 1 is 0.643 bits per heavy atom. The van der Waals surface area contributed by atoms with E-state index in [1.165, 1.54) is 0 Å². The molecule has 4 heteroatoms. The molecule has 4 nitrogen and oxygen atoms in total.